The number of carboxylic acids is 1. The van der Waals surface area contributed by atoms with E-state index >= 15 is 0 Å². The van der Waals surface area contributed by atoms with Crippen LogP contribution in [0.4, 0.5) is 0 Å². The summed E-state index contributed by atoms with van der Waals surface area (Å²) >= 11 is 0. The SMILES string of the molecule is CC(C)N(C)C(=O)COC1CCC(C(=O)O)CC1. The Morgan fingerprint density at radius 2 is 1.83 bits per heavy atom. The lowest BCUT2D eigenvalue weighted by Gasteiger charge is -2.27. The zero-order chi connectivity index (χ0) is 13.7. The lowest BCUT2D eigenvalue weighted by atomic mass is 9.87. The van der Waals surface area contributed by atoms with Crippen molar-refractivity contribution in [3.8, 4) is 0 Å². The topological polar surface area (TPSA) is 66.8 Å². The van der Waals surface area contributed by atoms with Gasteiger partial charge in [-0.3, -0.25) is 9.59 Å². The number of aliphatic carboxylic acids is 1. The van der Waals surface area contributed by atoms with Gasteiger partial charge in [0.25, 0.3) is 0 Å². The van der Waals surface area contributed by atoms with Crippen molar-refractivity contribution in [2.75, 3.05) is 13.7 Å². The number of rotatable bonds is 5. The molecule has 5 heteroatoms. The summed E-state index contributed by atoms with van der Waals surface area (Å²) in [5.74, 6) is -0.978. The van der Waals surface area contributed by atoms with Crippen molar-refractivity contribution in [1.29, 1.82) is 0 Å². The molecule has 0 saturated heterocycles. The average molecular weight is 257 g/mol. The molecule has 5 nitrogen and oxygen atoms in total. The Balaban J connectivity index is 2.26. The van der Waals surface area contributed by atoms with Gasteiger partial charge in [-0.1, -0.05) is 0 Å². The third-order valence-corrected chi connectivity index (χ3v) is 3.63. The van der Waals surface area contributed by atoms with Crippen LogP contribution in [-0.4, -0.2) is 47.7 Å². The summed E-state index contributed by atoms with van der Waals surface area (Å²) in [6.07, 6.45) is 2.79. The van der Waals surface area contributed by atoms with Crippen molar-refractivity contribution >= 4 is 11.9 Å². The van der Waals surface area contributed by atoms with Gasteiger partial charge in [0.2, 0.25) is 5.91 Å². The van der Waals surface area contributed by atoms with E-state index < -0.39 is 5.97 Å². The molecule has 0 atom stereocenters. The van der Waals surface area contributed by atoms with Gasteiger partial charge in [-0.05, 0) is 39.5 Å². The van der Waals surface area contributed by atoms with E-state index in [1.54, 1.807) is 11.9 Å². The largest absolute Gasteiger partial charge is 0.481 e. The number of likely N-dealkylation sites (N-methyl/N-ethyl adjacent to an activating group) is 1. The van der Waals surface area contributed by atoms with Gasteiger partial charge in [0.15, 0.2) is 0 Å². The molecule has 0 spiro atoms. The van der Waals surface area contributed by atoms with E-state index in [9.17, 15) is 9.59 Å². The van der Waals surface area contributed by atoms with Crippen molar-refractivity contribution in [2.45, 2.75) is 51.7 Å². The molecular formula is C13H23NO4. The highest BCUT2D eigenvalue weighted by molar-refractivity contribution is 5.77. The monoisotopic (exact) mass is 257 g/mol. The number of carbonyl (C=O) groups excluding carboxylic acids is 1. The van der Waals surface area contributed by atoms with Crippen LogP contribution in [-0.2, 0) is 14.3 Å². The van der Waals surface area contributed by atoms with E-state index in [0.717, 1.165) is 12.8 Å². The Kier molecular flexibility index (Phi) is 5.59. The van der Waals surface area contributed by atoms with Crippen LogP contribution in [0.5, 0.6) is 0 Å². The van der Waals surface area contributed by atoms with Crippen LogP contribution in [0, 0.1) is 5.92 Å². The zero-order valence-electron chi connectivity index (χ0n) is 11.4. The van der Waals surface area contributed by atoms with Crippen molar-refractivity contribution in [3.63, 3.8) is 0 Å². The molecule has 0 bridgehead atoms. The summed E-state index contributed by atoms with van der Waals surface area (Å²) < 4.78 is 5.56. The number of hydrogen-bond acceptors (Lipinski definition) is 3. The van der Waals surface area contributed by atoms with Gasteiger partial charge in [0.05, 0.1) is 12.0 Å². The number of ether oxygens (including phenoxy) is 1. The van der Waals surface area contributed by atoms with Gasteiger partial charge in [-0.15, -0.1) is 0 Å². The van der Waals surface area contributed by atoms with Crippen LogP contribution in [0.2, 0.25) is 0 Å². The quantitative estimate of drug-likeness (QED) is 0.810. The molecule has 0 unspecified atom stereocenters. The molecule has 1 fully saturated rings. The molecule has 0 heterocycles. The summed E-state index contributed by atoms with van der Waals surface area (Å²) in [7, 11) is 1.76. The van der Waals surface area contributed by atoms with E-state index in [2.05, 4.69) is 0 Å². The summed E-state index contributed by atoms with van der Waals surface area (Å²) in [5, 5.41) is 8.87. The van der Waals surface area contributed by atoms with E-state index in [1.807, 2.05) is 13.8 Å². The first-order valence-electron chi connectivity index (χ1n) is 6.52. The third kappa shape index (κ3) is 4.29. The molecule has 0 aromatic rings. The van der Waals surface area contributed by atoms with Crippen LogP contribution >= 0.6 is 0 Å². The maximum Gasteiger partial charge on any atom is 0.306 e. The molecular weight excluding hydrogens is 234 g/mol. The molecule has 0 aromatic carbocycles. The number of amides is 1. The molecule has 0 aliphatic heterocycles. The second kappa shape index (κ2) is 6.73. The first kappa shape index (κ1) is 15.0. The minimum absolute atomic E-state index is 0.0228. The standard InChI is InChI=1S/C13H23NO4/c1-9(2)14(3)12(15)8-18-11-6-4-10(5-7-11)13(16)17/h9-11H,4-8H2,1-3H3,(H,16,17). The summed E-state index contributed by atoms with van der Waals surface area (Å²) in [6.45, 7) is 4.00. The molecule has 1 aliphatic carbocycles. The molecule has 0 aromatic heterocycles. The molecule has 0 radical (unpaired) electrons. The number of carboxylic acid groups (broad SMARTS) is 1. The van der Waals surface area contributed by atoms with Crippen LogP contribution in [0.15, 0.2) is 0 Å². The Hall–Kier alpha value is -1.10. The first-order chi connectivity index (χ1) is 8.41. The molecule has 18 heavy (non-hydrogen) atoms. The molecule has 1 N–H and O–H groups in total. The molecule has 104 valence electrons. The lowest BCUT2D eigenvalue weighted by Crippen LogP contribution is -2.37. The third-order valence-electron chi connectivity index (χ3n) is 3.63. The van der Waals surface area contributed by atoms with Crippen molar-refractivity contribution < 1.29 is 19.4 Å². The second-order valence-electron chi connectivity index (χ2n) is 5.22. The Labute approximate surface area is 108 Å². The van der Waals surface area contributed by atoms with Gasteiger partial charge in [-0.25, -0.2) is 0 Å². The normalized spacial score (nSPS) is 24.0. The van der Waals surface area contributed by atoms with Crippen molar-refractivity contribution in [2.24, 2.45) is 5.92 Å². The van der Waals surface area contributed by atoms with E-state index in [4.69, 9.17) is 9.84 Å². The molecule has 1 rings (SSSR count). The first-order valence-corrected chi connectivity index (χ1v) is 6.52. The molecule has 1 amide bonds. The number of carbonyl (C=O) groups is 2. The summed E-state index contributed by atoms with van der Waals surface area (Å²) in [6, 6.07) is 0.170. The Morgan fingerprint density at radius 1 is 1.28 bits per heavy atom. The highest BCUT2D eigenvalue weighted by Crippen LogP contribution is 2.26. The van der Waals surface area contributed by atoms with E-state index in [-0.39, 0.29) is 30.6 Å². The fourth-order valence-electron chi connectivity index (χ4n) is 2.06. The van der Waals surface area contributed by atoms with Crippen LogP contribution in [0.25, 0.3) is 0 Å². The second-order valence-corrected chi connectivity index (χ2v) is 5.22. The molecule has 1 saturated carbocycles. The fourth-order valence-corrected chi connectivity index (χ4v) is 2.06. The average Bonchev–Trinajstić information content (AvgIpc) is 2.35. The summed E-state index contributed by atoms with van der Waals surface area (Å²) in [4.78, 5) is 24.2. The Bertz CT molecular complexity index is 295. The van der Waals surface area contributed by atoms with Crippen LogP contribution < -0.4 is 0 Å². The van der Waals surface area contributed by atoms with Crippen LogP contribution in [0.1, 0.15) is 39.5 Å². The van der Waals surface area contributed by atoms with Gasteiger partial charge in [0, 0.05) is 13.1 Å². The predicted molar refractivity (Wildman–Crippen MR) is 67.2 cm³/mol. The van der Waals surface area contributed by atoms with Crippen molar-refractivity contribution in [1.82, 2.24) is 4.90 Å². The maximum atomic E-state index is 11.7. The van der Waals surface area contributed by atoms with Gasteiger partial charge in [-0.2, -0.15) is 0 Å². The molecule has 1 aliphatic rings. The van der Waals surface area contributed by atoms with Gasteiger partial charge >= 0.3 is 5.97 Å². The maximum absolute atomic E-state index is 11.7. The number of hydrogen-bond donors (Lipinski definition) is 1. The highest BCUT2D eigenvalue weighted by atomic mass is 16.5. The summed E-state index contributed by atoms with van der Waals surface area (Å²) in [5.41, 5.74) is 0. The van der Waals surface area contributed by atoms with Gasteiger partial charge in [0.1, 0.15) is 6.61 Å². The van der Waals surface area contributed by atoms with Gasteiger partial charge < -0.3 is 14.7 Å². The minimum Gasteiger partial charge on any atom is -0.481 e. The highest BCUT2D eigenvalue weighted by Gasteiger charge is 2.27. The van der Waals surface area contributed by atoms with Crippen molar-refractivity contribution in [3.05, 3.63) is 0 Å². The van der Waals surface area contributed by atoms with E-state index in [0.29, 0.717) is 12.8 Å². The number of nitrogens with zero attached hydrogens (tertiary/aromatic N) is 1. The fraction of sp³-hybridized carbons (Fsp3) is 0.846. The lowest BCUT2D eigenvalue weighted by molar-refractivity contribution is -0.146. The smallest absolute Gasteiger partial charge is 0.306 e. The predicted octanol–water partition coefficient (Wildman–Crippen LogP) is 1.51. The van der Waals surface area contributed by atoms with Crippen LogP contribution in [0.3, 0.4) is 0 Å². The minimum atomic E-state index is -0.718. The Morgan fingerprint density at radius 3 is 2.28 bits per heavy atom. The van der Waals surface area contributed by atoms with E-state index in [1.165, 1.54) is 0 Å². The zero-order valence-corrected chi connectivity index (χ0v) is 11.4.